The average molecular weight is 1420 g/mol. The van der Waals surface area contributed by atoms with Crippen molar-refractivity contribution in [3.8, 4) is 34.0 Å². The molecule has 33 heteroatoms. The predicted octanol–water partition coefficient (Wildman–Crippen LogP) is 4.01. The normalized spacial score (nSPS) is 14.8. The average Bonchev–Trinajstić information content (AvgIpc) is 1.71. The molecule has 12 rings (SSSR count). The molecule has 2 aliphatic heterocycles. The van der Waals surface area contributed by atoms with Gasteiger partial charge in [-0.05, 0) is 101 Å². The standard InChI is InChI=1S/C28H26ClF2N7O3.C16H18BrClN2O2.C12H9F2N5O.CH3F.CH2O3.2K.H/c1-14(26-35-18-7-3-6-17(29)20(18)28(39)37(26)11-10-15-5-4-12-41-15)38-27-21(25(32)33-13-34-27)24(36-38)16-8-9-19(40-2)23(31)22(16)30;1-10(17)15-19-13-6-2-5-12(18)14(13)16(21)20(15)8-7-11-4-3-9-22-11;1-20-6-3-2-5(8(13)9(6)14)10-7-11(15)16-4-17-12(7)19-18-10;1-2;2-1-4-3;;;/h3,6-9,13-15H,4-5,10-12H2,1-2H3,(H2,32,33,34);2,5-6,10-11H,3-4,7-9H2,1H3;2-4H,1H3,(H3,15,16,17,18,19);1H3;1,3H;;;/q;;;;;2*+1;-1/p-1/i;;;1D;;;;. The molecule has 2 fully saturated rings. The van der Waals surface area contributed by atoms with E-state index in [0.29, 0.717) is 69.2 Å². The zero-order valence-corrected chi connectivity index (χ0v) is 59.2. The van der Waals surface area contributed by atoms with Crippen LogP contribution in [-0.2, 0) is 32.2 Å². The molecule has 4 aromatic carbocycles. The van der Waals surface area contributed by atoms with Crippen molar-refractivity contribution in [2.75, 3.05) is 46.1 Å². The Hall–Kier alpha value is -5.21. The number of carbonyl (C=O) groups excluding carboxylic acids is 1. The molecular weight excluding hydrogens is 1360 g/mol. The number of rotatable bonds is 14. The number of aromatic amines is 1. The van der Waals surface area contributed by atoms with Gasteiger partial charge in [-0.3, -0.25) is 33.0 Å². The van der Waals surface area contributed by atoms with Crippen molar-refractivity contribution in [2.45, 2.75) is 88.5 Å². The van der Waals surface area contributed by atoms with E-state index in [9.17, 15) is 27.2 Å². The number of carbonyl (C=O) groups is 1. The molecule has 5 N–H and O–H groups in total. The summed E-state index contributed by atoms with van der Waals surface area (Å²) >= 11 is 16.2. The summed E-state index contributed by atoms with van der Waals surface area (Å²) in [5, 5.41) is 21.7. The minimum atomic E-state index is -1.16. The number of aromatic nitrogens is 12. The molecule has 91 heavy (non-hydrogen) atoms. The van der Waals surface area contributed by atoms with Crippen LogP contribution in [-0.4, -0.2) is 112 Å². The summed E-state index contributed by atoms with van der Waals surface area (Å²) < 4.78 is 99.2. The molecule has 6 aromatic heterocycles. The van der Waals surface area contributed by atoms with Gasteiger partial charge < -0.3 is 42.0 Å². The van der Waals surface area contributed by atoms with Gasteiger partial charge >= 0.3 is 103 Å². The number of benzene rings is 4. The second-order valence-corrected chi connectivity index (χ2v) is 21.8. The van der Waals surface area contributed by atoms with Gasteiger partial charge in [0.15, 0.2) is 34.4 Å². The number of fused-ring (bicyclic) bond motifs is 4. The number of anilines is 2. The number of nitrogens with two attached hydrogens (primary N) is 2. The number of nitrogens with zero attached hydrogens (tertiary/aromatic N) is 11. The van der Waals surface area contributed by atoms with Gasteiger partial charge in [-0.15, -0.1) is 0 Å². The molecule has 10 aromatic rings. The van der Waals surface area contributed by atoms with Crippen molar-refractivity contribution >= 4 is 101 Å². The molecule has 2 saturated heterocycles. The Morgan fingerprint density at radius 2 is 1.24 bits per heavy atom. The molecule has 8 heterocycles. The Balaban J connectivity index is 0.000000255. The topological polar surface area (TPSA) is 306 Å². The monoisotopic (exact) mass is 1420 g/mol. The van der Waals surface area contributed by atoms with Gasteiger partial charge in [0.2, 0.25) is 11.6 Å². The van der Waals surface area contributed by atoms with Crippen molar-refractivity contribution in [3.05, 3.63) is 139 Å². The van der Waals surface area contributed by atoms with Gasteiger partial charge in [-0.25, -0.2) is 43.4 Å². The van der Waals surface area contributed by atoms with Crippen LogP contribution in [0.4, 0.5) is 33.6 Å². The van der Waals surface area contributed by atoms with Crippen LogP contribution in [0.25, 0.3) is 66.4 Å². The molecule has 0 aliphatic carbocycles. The van der Waals surface area contributed by atoms with E-state index in [4.69, 9.17) is 70.0 Å². The first-order chi connectivity index (χ1) is 43.3. The summed E-state index contributed by atoms with van der Waals surface area (Å²) in [6.07, 6.45) is 8.25. The third kappa shape index (κ3) is 16.7. The van der Waals surface area contributed by atoms with Crippen molar-refractivity contribution in [3.63, 3.8) is 0 Å². The van der Waals surface area contributed by atoms with Gasteiger partial charge in [0.05, 0.1) is 88.1 Å². The number of alkyl halides is 2. The van der Waals surface area contributed by atoms with E-state index in [2.05, 4.69) is 61.0 Å². The number of nitrogen functional groups attached to an aromatic ring is 2. The Labute approximate surface area is 621 Å². The zero-order chi connectivity index (χ0) is 64.9. The fourth-order valence-corrected chi connectivity index (χ4v) is 11.1. The maximum absolute atomic E-state index is 15.2. The van der Waals surface area contributed by atoms with Gasteiger partial charge in [0.1, 0.15) is 47.7 Å². The van der Waals surface area contributed by atoms with Crippen LogP contribution in [0, 0.1) is 23.3 Å². The zero-order valence-electron chi connectivity index (χ0n) is 51.9. The van der Waals surface area contributed by atoms with Crippen LogP contribution >= 0.6 is 39.1 Å². The number of hydrogen-bond acceptors (Lipinski definition) is 19. The Morgan fingerprint density at radius 3 is 1.74 bits per heavy atom. The van der Waals surface area contributed by atoms with E-state index in [1.807, 2.05) is 19.1 Å². The predicted molar refractivity (Wildman–Crippen MR) is 325 cm³/mol. The SMILES string of the molecule is CC(Br)c1nc2cccc(Cl)c2c(=O)n1CCC1CCCO1.COc1ccc(-c2[nH]nc3ncnc(N)c23)c(F)c1F.COc1ccc(-c2nn(C(C)c3nc4cccc(Cl)c4c(=O)n3CCC3CCCO3)c3ncnc(N)c23)c(F)c1F.O=CO[O-].[2H]CF.[H-].[K+].[K+]. The summed E-state index contributed by atoms with van der Waals surface area (Å²) in [4.78, 5) is 63.5. The molecule has 4 unspecified atom stereocenters. The number of methoxy groups -OCH3 is 2. The number of H-pyrrole nitrogens is 1. The Morgan fingerprint density at radius 1 is 0.758 bits per heavy atom. The van der Waals surface area contributed by atoms with E-state index in [1.54, 1.807) is 40.3 Å². The fraction of sp³-hybridized carbons (Fsp3) is 0.328. The minimum Gasteiger partial charge on any atom is -1.00 e. The first-order valence-corrected chi connectivity index (χ1v) is 28.8. The van der Waals surface area contributed by atoms with Crippen molar-refractivity contribution in [1.29, 1.82) is 0 Å². The molecular formula is C58H58BrCl2F5K2N14O9. The fourth-order valence-electron chi connectivity index (χ4n) is 10.2. The van der Waals surface area contributed by atoms with Crippen LogP contribution in [0.15, 0.2) is 82.9 Å². The maximum atomic E-state index is 15.2. The van der Waals surface area contributed by atoms with E-state index >= 15 is 4.39 Å². The second kappa shape index (κ2) is 34.8. The first-order valence-electron chi connectivity index (χ1n) is 27.8. The quantitative estimate of drug-likeness (QED) is 0.0346. The smallest absolute Gasteiger partial charge is 1.00 e. The van der Waals surface area contributed by atoms with E-state index in [1.165, 1.54) is 55.8 Å². The molecule has 0 saturated carbocycles. The minimum absolute atomic E-state index is 0. The van der Waals surface area contributed by atoms with E-state index in [0.717, 1.165) is 44.5 Å². The van der Waals surface area contributed by atoms with Crippen molar-refractivity contribution in [2.24, 2.45) is 0 Å². The van der Waals surface area contributed by atoms with E-state index < -0.39 is 36.5 Å². The van der Waals surface area contributed by atoms with Crippen molar-refractivity contribution < 1.29 is 161 Å². The van der Waals surface area contributed by atoms with Crippen molar-refractivity contribution in [1.82, 2.24) is 59.0 Å². The number of ether oxygens (including phenoxy) is 4. The molecule has 0 amide bonds. The van der Waals surface area contributed by atoms with E-state index in [-0.39, 0.29) is 201 Å². The summed E-state index contributed by atoms with van der Waals surface area (Å²) in [7, 11) is 1.51. The molecule has 0 radical (unpaired) electrons. The Bertz CT molecular complexity index is 4330. The third-order valence-electron chi connectivity index (χ3n) is 14.4. The number of halogens is 8. The van der Waals surface area contributed by atoms with Crippen LogP contribution in [0.2, 0.25) is 10.0 Å². The molecule has 0 spiro atoms. The van der Waals surface area contributed by atoms with Gasteiger partial charge in [-0.2, -0.15) is 19.0 Å². The molecule has 0 bridgehead atoms. The third-order valence-corrected chi connectivity index (χ3v) is 15.5. The van der Waals surface area contributed by atoms with Crippen LogP contribution < -0.4 is 140 Å². The van der Waals surface area contributed by atoms with Gasteiger partial charge in [0.25, 0.3) is 17.6 Å². The largest absolute Gasteiger partial charge is 1.00 e. The summed E-state index contributed by atoms with van der Waals surface area (Å²) in [5.74, 6) is -3.59. The van der Waals surface area contributed by atoms with Gasteiger partial charge in [-0.1, -0.05) is 51.3 Å². The summed E-state index contributed by atoms with van der Waals surface area (Å²) in [5.41, 5.74) is 13.3. The van der Waals surface area contributed by atoms with Crippen LogP contribution in [0.5, 0.6) is 11.5 Å². The van der Waals surface area contributed by atoms with Gasteiger partial charge in [0, 0.05) is 37.4 Å². The molecule has 23 nitrogen and oxygen atoms in total. The molecule has 2 aliphatic rings. The Kier molecular flexibility index (Phi) is 28.0. The van der Waals surface area contributed by atoms with Crippen LogP contribution in [0.1, 0.15) is 77.7 Å². The number of hydrogen-bond donors (Lipinski definition) is 3. The summed E-state index contributed by atoms with van der Waals surface area (Å²) in [6.45, 7) is 6.03. The molecule has 472 valence electrons. The maximum Gasteiger partial charge on any atom is 1.00 e. The first kappa shape index (κ1) is 73.2. The second-order valence-electron chi connectivity index (χ2n) is 19.6. The number of nitrogens with one attached hydrogen (secondary N) is 1. The summed E-state index contributed by atoms with van der Waals surface area (Å²) in [6, 6.07) is 15.1. The molecule has 4 atom stereocenters. The van der Waals surface area contributed by atoms with Crippen LogP contribution in [0.3, 0.4) is 0 Å².